The molecule has 2 rings (SSSR count). The zero-order valence-corrected chi connectivity index (χ0v) is 11.8. The number of carbonyl (C=O) groups excluding carboxylic acids is 1. The average molecular weight is 272 g/mol. The molecule has 0 unspecified atom stereocenters. The summed E-state index contributed by atoms with van der Waals surface area (Å²) in [4.78, 5) is 16.0. The first-order chi connectivity index (χ1) is 9.74. The second-order valence-corrected chi connectivity index (χ2v) is 4.98. The molecule has 5 nitrogen and oxygen atoms in total. The van der Waals surface area contributed by atoms with E-state index in [-0.39, 0.29) is 5.91 Å². The highest BCUT2D eigenvalue weighted by Gasteiger charge is 2.16. The monoisotopic (exact) mass is 272 g/mol. The third-order valence-electron chi connectivity index (χ3n) is 3.39. The number of hydrogen-bond donors (Lipinski definition) is 2. The molecule has 0 bridgehead atoms. The lowest BCUT2D eigenvalue weighted by molar-refractivity contribution is -0.120. The van der Waals surface area contributed by atoms with E-state index in [9.17, 15) is 4.79 Å². The van der Waals surface area contributed by atoms with Crippen LogP contribution < -0.4 is 10.6 Å². The first kappa shape index (κ1) is 14.3. The smallest absolute Gasteiger partial charge is 0.221 e. The molecule has 1 aromatic rings. The van der Waals surface area contributed by atoms with Crippen molar-refractivity contribution in [2.24, 2.45) is 0 Å². The lowest BCUT2D eigenvalue weighted by Crippen LogP contribution is -2.26. The largest absolute Gasteiger partial charge is 0.368 e. The molecule has 20 heavy (non-hydrogen) atoms. The topological polar surface area (TPSA) is 77.8 Å². The quantitative estimate of drug-likeness (QED) is 0.827. The summed E-state index contributed by atoms with van der Waals surface area (Å²) >= 11 is 0. The minimum absolute atomic E-state index is 0.0269. The van der Waals surface area contributed by atoms with Crippen molar-refractivity contribution in [3.05, 3.63) is 22.9 Å². The first-order valence-corrected chi connectivity index (χ1v) is 7.18. The van der Waals surface area contributed by atoms with Crippen LogP contribution in [0.15, 0.2) is 6.07 Å². The van der Waals surface area contributed by atoms with Gasteiger partial charge in [0.25, 0.3) is 0 Å². The van der Waals surface area contributed by atoms with Crippen molar-refractivity contribution in [2.75, 3.05) is 18.4 Å². The summed E-state index contributed by atoms with van der Waals surface area (Å²) in [6.45, 7) is 3.22. The molecule has 5 heteroatoms. The average Bonchev–Trinajstić information content (AvgIpc) is 2.91. The van der Waals surface area contributed by atoms with Crippen LogP contribution in [-0.4, -0.2) is 24.0 Å². The predicted molar refractivity (Wildman–Crippen MR) is 77.4 cm³/mol. The normalized spacial score (nSPS) is 12.6. The molecule has 0 fully saturated rings. The Morgan fingerprint density at radius 2 is 2.30 bits per heavy atom. The molecule has 2 N–H and O–H groups in total. The van der Waals surface area contributed by atoms with Gasteiger partial charge in [-0.1, -0.05) is 6.92 Å². The number of amides is 1. The van der Waals surface area contributed by atoms with Crippen LogP contribution in [0.3, 0.4) is 0 Å². The van der Waals surface area contributed by atoms with Gasteiger partial charge in [-0.3, -0.25) is 4.79 Å². The number of nitriles is 1. The number of anilines is 1. The van der Waals surface area contributed by atoms with E-state index in [0.717, 1.165) is 31.4 Å². The van der Waals surface area contributed by atoms with Crippen LogP contribution in [0.1, 0.15) is 43.0 Å². The SMILES string of the molecule is CCCNC(=O)CCNc1nc2c(cc1C#N)CCC2. The lowest BCUT2D eigenvalue weighted by Gasteiger charge is -2.09. The molecule has 0 atom stereocenters. The van der Waals surface area contributed by atoms with Gasteiger partial charge in [0.05, 0.1) is 5.56 Å². The van der Waals surface area contributed by atoms with Crippen molar-refractivity contribution in [3.8, 4) is 6.07 Å². The molecule has 106 valence electrons. The number of nitrogens with one attached hydrogen (secondary N) is 2. The molecular weight excluding hydrogens is 252 g/mol. The standard InChI is InChI=1S/C15H20N4O/c1-2-7-17-14(20)6-8-18-15-12(10-16)9-11-4-3-5-13(11)19-15/h9H,2-8H2,1H3,(H,17,20)(H,18,19). The Labute approximate surface area is 119 Å². The minimum Gasteiger partial charge on any atom is -0.368 e. The number of carbonyl (C=O) groups is 1. The van der Waals surface area contributed by atoms with Crippen molar-refractivity contribution >= 4 is 11.7 Å². The van der Waals surface area contributed by atoms with Crippen molar-refractivity contribution < 1.29 is 4.79 Å². The fourth-order valence-electron chi connectivity index (χ4n) is 2.34. The molecule has 0 radical (unpaired) electrons. The summed E-state index contributed by atoms with van der Waals surface area (Å²) < 4.78 is 0. The lowest BCUT2D eigenvalue weighted by atomic mass is 10.1. The zero-order valence-electron chi connectivity index (χ0n) is 11.8. The second kappa shape index (κ2) is 6.90. The van der Waals surface area contributed by atoms with E-state index in [4.69, 9.17) is 5.26 Å². The summed E-state index contributed by atoms with van der Waals surface area (Å²) in [5.74, 6) is 0.635. The summed E-state index contributed by atoms with van der Waals surface area (Å²) in [7, 11) is 0. The van der Waals surface area contributed by atoms with Gasteiger partial charge in [-0.05, 0) is 37.3 Å². The number of rotatable bonds is 6. The third-order valence-corrected chi connectivity index (χ3v) is 3.39. The van der Waals surface area contributed by atoms with Crippen molar-refractivity contribution in [1.29, 1.82) is 5.26 Å². The van der Waals surface area contributed by atoms with Crippen LogP contribution in [0.25, 0.3) is 0 Å². The maximum Gasteiger partial charge on any atom is 0.221 e. The predicted octanol–water partition coefficient (Wildman–Crippen LogP) is 1.77. The molecule has 1 aromatic heterocycles. The fourth-order valence-corrected chi connectivity index (χ4v) is 2.34. The summed E-state index contributed by atoms with van der Waals surface area (Å²) in [5.41, 5.74) is 2.84. The van der Waals surface area contributed by atoms with Crippen molar-refractivity contribution in [1.82, 2.24) is 10.3 Å². The first-order valence-electron chi connectivity index (χ1n) is 7.18. The minimum atomic E-state index is 0.0269. The molecule has 0 spiro atoms. The molecule has 0 saturated heterocycles. The van der Waals surface area contributed by atoms with E-state index in [1.165, 1.54) is 5.56 Å². The van der Waals surface area contributed by atoms with Gasteiger partial charge in [-0.2, -0.15) is 5.26 Å². The van der Waals surface area contributed by atoms with E-state index in [1.807, 2.05) is 13.0 Å². The van der Waals surface area contributed by atoms with Crippen molar-refractivity contribution in [2.45, 2.75) is 39.0 Å². The summed E-state index contributed by atoms with van der Waals surface area (Å²) in [6.07, 6.45) is 4.42. The highest BCUT2D eigenvalue weighted by molar-refractivity contribution is 5.76. The van der Waals surface area contributed by atoms with Crippen LogP contribution in [0.4, 0.5) is 5.82 Å². The molecule has 1 heterocycles. The van der Waals surface area contributed by atoms with Crippen LogP contribution in [-0.2, 0) is 17.6 Å². The van der Waals surface area contributed by atoms with Crippen LogP contribution in [0, 0.1) is 11.3 Å². The Morgan fingerprint density at radius 3 is 3.05 bits per heavy atom. The summed E-state index contributed by atoms with van der Waals surface area (Å²) in [5, 5.41) is 15.1. The van der Waals surface area contributed by atoms with E-state index < -0.39 is 0 Å². The van der Waals surface area contributed by atoms with Gasteiger partial charge in [0.1, 0.15) is 11.9 Å². The maximum absolute atomic E-state index is 11.5. The van der Waals surface area contributed by atoms with E-state index in [1.54, 1.807) is 0 Å². The molecule has 0 saturated carbocycles. The number of fused-ring (bicyclic) bond motifs is 1. The van der Waals surface area contributed by atoms with Gasteiger partial charge in [-0.15, -0.1) is 0 Å². The zero-order chi connectivity index (χ0) is 14.4. The van der Waals surface area contributed by atoms with Crippen LogP contribution in [0.2, 0.25) is 0 Å². The number of aryl methyl sites for hydroxylation is 2. The van der Waals surface area contributed by atoms with Gasteiger partial charge < -0.3 is 10.6 Å². The van der Waals surface area contributed by atoms with Crippen LogP contribution in [0.5, 0.6) is 0 Å². The number of pyridine rings is 1. The van der Waals surface area contributed by atoms with Gasteiger partial charge in [0, 0.05) is 25.2 Å². The molecule has 1 aliphatic carbocycles. The molecule has 1 aliphatic rings. The Morgan fingerprint density at radius 1 is 1.45 bits per heavy atom. The van der Waals surface area contributed by atoms with Gasteiger partial charge in [-0.25, -0.2) is 4.98 Å². The second-order valence-electron chi connectivity index (χ2n) is 4.98. The summed E-state index contributed by atoms with van der Waals surface area (Å²) in [6, 6.07) is 4.10. The highest BCUT2D eigenvalue weighted by Crippen LogP contribution is 2.24. The number of aromatic nitrogens is 1. The number of hydrogen-bond acceptors (Lipinski definition) is 4. The molecule has 0 aromatic carbocycles. The Balaban J connectivity index is 1.93. The van der Waals surface area contributed by atoms with E-state index >= 15 is 0 Å². The van der Waals surface area contributed by atoms with Gasteiger partial charge in [0.15, 0.2) is 0 Å². The van der Waals surface area contributed by atoms with Gasteiger partial charge in [0.2, 0.25) is 5.91 Å². The van der Waals surface area contributed by atoms with E-state index in [2.05, 4.69) is 21.7 Å². The Hall–Kier alpha value is -2.09. The molecule has 1 amide bonds. The Kier molecular flexibility index (Phi) is 4.94. The third kappa shape index (κ3) is 3.47. The number of nitrogens with zero attached hydrogens (tertiary/aromatic N) is 2. The van der Waals surface area contributed by atoms with Gasteiger partial charge >= 0.3 is 0 Å². The van der Waals surface area contributed by atoms with Crippen molar-refractivity contribution in [3.63, 3.8) is 0 Å². The highest BCUT2D eigenvalue weighted by atomic mass is 16.1. The Bertz CT molecular complexity index is 533. The molecular formula is C15H20N4O. The maximum atomic E-state index is 11.5. The fraction of sp³-hybridized carbons (Fsp3) is 0.533. The van der Waals surface area contributed by atoms with Crippen LogP contribution >= 0.6 is 0 Å². The van der Waals surface area contributed by atoms with E-state index in [0.29, 0.717) is 30.9 Å². The molecule has 0 aliphatic heterocycles.